The van der Waals surface area contributed by atoms with Crippen molar-refractivity contribution in [1.82, 2.24) is 20.1 Å². The molecule has 1 fully saturated rings. The second-order valence-corrected chi connectivity index (χ2v) is 9.13. The van der Waals surface area contributed by atoms with Gasteiger partial charge in [-0.1, -0.05) is 11.3 Å². The van der Waals surface area contributed by atoms with E-state index in [-0.39, 0.29) is 17.5 Å². The van der Waals surface area contributed by atoms with Crippen LogP contribution in [0.4, 0.5) is 10.3 Å². The van der Waals surface area contributed by atoms with Crippen molar-refractivity contribution in [2.45, 2.75) is 12.8 Å². The number of rotatable bonds is 8. The van der Waals surface area contributed by atoms with E-state index in [9.17, 15) is 9.59 Å². The van der Waals surface area contributed by atoms with Crippen LogP contribution in [0.25, 0.3) is 0 Å². The van der Waals surface area contributed by atoms with E-state index in [0.29, 0.717) is 15.1 Å². The Hall–Kier alpha value is -2.25. The minimum absolute atomic E-state index is 0.197. The Balaban J connectivity index is 1.30. The van der Waals surface area contributed by atoms with Gasteiger partial charge in [-0.3, -0.25) is 25.1 Å². The highest BCUT2D eigenvalue weighted by atomic mass is 32.1. The summed E-state index contributed by atoms with van der Waals surface area (Å²) in [6.07, 6.45) is 1.83. The van der Waals surface area contributed by atoms with Gasteiger partial charge in [0.25, 0.3) is 11.8 Å². The van der Waals surface area contributed by atoms with Crippen LogP contribution < -0.4 is 10.6 Å². The number of carbonyl (C=O) groups excluding carboxylic acids is 2. The first-order valence-electron chi connectivity index (χ1n) is 9.40. The minimum Gasteiger partial charge on any atom is -0.379 e. The molecule has 0 atom stereocenters. The van der Waals surface area contributed by atoms with Crippen molar-refractivity contribution in [3.05, 3.63) is 38.5 Å². The molecule has 1 aliphatic rings. The van der Waals surface area contributed by atoms with Gasteiger partial charge in [-0.15, -0.1) is 32.9 Å². The standard InChI is InChI=1S/C18H20N6O3S3/c25-15(21-18-23-19-11-30-18)13-10-29-17(20-13)22-16(26)14-12(3-9-28-14)2-1-4-24-5-7-27-8-6-24/h3,9-11H,1-2,4-8H2,(H,20,22,26)(H,21,23,25). The average Bonchev–Trinajstić information content (AvgIpc) is 3.51. The molecule has 3 aromatic heterocycles. The number of morpholine rings is 1. The van der Waals surface area contributed by atoms with Crippen molar-refractivity contribution in [1.29, 1.82) is 0 Å². The first kappa shape index (κ1) is 21.0. The van der Waals surface area contributed by atoms with E-state index in [0.717, 1.165) is 51.3 Å². The number of thiophene rings is 1. The van der Waals surface area contributed by atoms with E-state index in [1.54, 1.807) is 5.38 Å². The fourth-order valence-corrected chi connectivity index (χ4v) is 5.00. The number of nitrogens with one attached hydrogen (secondary N) is 2. The zero-order chi connectivity index (χ0) is 20.8. The van der Waals surface area contributed by atoms with Crippen LogP contribution in [0.1, 0.15) is 32.1 Å². The number of carbonyl (C=O) groups is 2. The van der Waals surface area contributed by atoms with Crippen LogP contribution in [-0.4, -0.2) is 64.7 Å². The van der Waals surface area contributed by atoms with Crippen molar-refractivity contribution in [2.24, 2.45) is 0 Å². The molecule has 0 bridgehead atoms. The van der Waals surface area contributed by atoms with E-state index < -0.39 is 0 Å². The lowest BCUT2D eigenvalue weighted by Crippen LogP contribution is -2.36. The van der Waals surface area contributed by atoms with E-state index in [1.807, 2.05) is 11.4 Å². The summed E-state index contributed by atoms with van der Waals surface area (Å²) in [6, 6.07) is 2.00. The van der Waals surface area contributed by atoms with Crippen molar-refractivity contribution in [3.63, 3.8) is 0 Å². The van der Waals surface area contributed by atoms with Gasteiger partial charge in [0.1, 0.15) is 11.2 Å². The van der Waals surface area contributed by atoms with E-state index in [1.165, 1.54) is 39.5 Å². The van der Waals surface area contributed by atoms with Crippen LogP contribution in [0.15, 0.2) is 22.3 Å². The quantitative estimate of drug-likeness (QED) is 0.527. The van der Waals surface area contributed by atoms with Gasteiger partial charge in [0.05, 0.1) is 18.1 Å². The predicted molar refractivity (Wildman–Crippen MR) is 118 cm³/mol. The third kappa shape index (κ3) is 5.46. The smallest absolute Gasteiger partial charge is 0.277 e. The molecule has 2 amide bonds. The Labute approximate surface area is 185 Å². The second kappa shape index (κ2) is 10.2. The van der Waals surface area contributed by atoms with Gasteiger partial charge in [-0.05, 0) is 36.4 Å². The molecule has 1 saturated heterocycles. The molecule has 30 heavy (non-hydrogen) atoms. The van der Waals surface area contributed by atoms with Gasteiger partial charge in [-0.25, -0.2) is 4.98 Å². The van der Waals surface area contributed by atoms with Gasteiger partial charge >= 0.3 is 0 Å². The zero-order valence-corrected chi connectivity index (χ0v) is 18.4. The zero-order valence-electron chi connectivity index (χ0n) is 16.0. The summed E-state index contributed by atoms with van der Waals surface area (Å²) in [5, 5.41) is 17.2. The van der Waals surface area contributed by atoms with E-state index in [2.05, 4.69) is 30.7 Å². The molecule has 158 valence electrons. The summed E-state index contributed by atoms with van der Waals surface area (Å²) in [5.41, 5.74) is 2.79. The largest absolute Gasteiger partial charge is 0.379 e. The summed E-state index contributed by atoms with van der Waals surface area (Å²) >= 11 is 3.85. The van der Waals surface area contributed by atoms with E-state index >= 15 is 0 Å². The number of aryl methyl sites for hydroxylation is 1. The third-order valence-electron chi connectivity index (χ3n) is 4.51. The minimum atomic E-state index is -0.386. The second-order valence-electron chi connectivity index (χ2n) is 6.52. The summed E-state index contributed by atoms with van der Waals surface area (Å²) in [7, 11) is 0. The maximum atomic E-state index is 12.7. The molecule has 0 spiro atoms. The normalized spacial score (nSPS) is 14.5. The fraction of sp³-hybridized carbons (Fsp3) is 0.389. The highest BCUT2D eigenvalue weighted by Gasteiger charge is 2.18. The molecule has 3 aromatic rings. The lowest BCUT2D eigenvalue weighted by molar-refractivity contribution is 0.0374. The molecule has 12 heteroatoms. The summed E-state index contributed by atoms with van der Waals surface area (Å²) in [6.45, 7) is 4.52. The number of hydrogen-bond acceptors (Lipinski definition) is 10. The van der Waals surface area contributed by atoms with Crippen LogP contribution in [-0.2, 0) is 11.2 Å². The molecule has 0 radical (unpaired) electrons. The van der Waals surface area contributed by atoms with Gasteiger partial charge in [0, 0.05) is 18.5 Å². The van der Waals surface area contributed by atoms with Crippen LogP contribution in [0.2, 0.25) is 0 Å². The highest BCUT2D eigenvalue weighted by molar-refractivity contribution is 7.15. The van der Waals surface area contributed by atoms with Crippen molar-refractivity contribution >= 4 is 56.1 Å². The lowest BCUT2D eigenvalue weighted by Gasteiger charge is -2.26. The van der Waals surface area contributed by atoms with Gasteiger partial charge in [-0.2, -0.15) is 0 Å². The molecule has 0 saturated carbocycles. The maximum Gasteiger partial charge on any atom is 0.277 e. The van der Waals surface area contributed by atoms with Gasteiger partial charge < -0.3 is 4.74 Å². The number of amides is 2. The Morgan fingerprint density at radius 3 is 2.73 bits per heavy atom. The topological polar surface area (TPSA) is 109 Å². The molecule has 4 heterocycles. The van der Waals surface area contributed by atoms with Gasteiger partial charge in [0.15, 0.2) is 5.13 Å². The van der Waals surface area contributed by atoms with Crippen molar-refractivity contribution in [2.75, 3.05) is 43.5 Å². The van der Waals surface area contributed by atoms with Crippen molar-refractivity contribution in [3.8, 4) is 0 Å². The molecule has 0 unspecified atom stereocenters. The number of anilines is 2. The van der Waals surface area contributed by atoms with Crippen molar-refractivity contribution < 1.29 is 14.3 Å². The number of nitrogens with zero attached hydrogens (tertiary/aromatic N) is 4. The monoisotopic (exact) mass is 464 g/mol. The molecular formula is C18H20N6O3S3. The number of hydrogen-bond donors (Lipinski definition) is 2. The average molecular weight is 465 g/mol. The third-order valence-corrected chi connectivity index (χ3v) is 6.83. The molecular weight excluding hydrogens is 444 g/mol. The Kier molecular flexibility index (Phi) is 7.12. The molecule has 9 nitrogen and oxygen atoms in total. The lowest BCUT2D eigenvalue weighted by atomic mass is 10.1. The van der Waals surface area contributed by atoms with Crippen LogP contribution in [0, 0.1) is 0 Å². The van der Waals surface area contributed by atoms with Crippen LogP contribution in [0.5, 0.6) is 0 Å². The number of aromatic nitrogens is 3. The SMILES string of the molecule is O=C(Nc1nncs1)c1csc(NC(=O)c2sccc2CCCN2CCOCC2)n1. The Morgan fingerprint density at radius 1 is 1.10 bits per heavy atom. The molecule has 0 aromatic carbocycles. The maximum absolute atomic E-state index is 12.7. The number of ether oxygens (including phenoxy) is 1. The first-order chi connectivity index (χ1) is 14.7. The summed E-state index contributed by atoms with van der Waals surface area (Å²) in [4.78, 5) is 32.2. The Morgan fingerprint density at radius 2 is 1.93 bits per heavy atom. The number of thiazole rings is 1. The molecule has 0 aliphatic carbocycles. The first-order valence-corrected chi connectivity index (χ1v) is 12.0. The fourth-order valence-electron chi connectivity index (χ4n) is 3.03. The van der Waals surface area contributed by atoms with Gasteiger partial charge in [0.2, 0.25) is 5.13 Å². The Bertz CT molecular complexity index is 981. The summed E-state index contributed by atoms with van der Waals surface area (Å²) < 4.78 is 5.37. The molecule has 4 rings (SSSR count). The summed E-state index contributed by atoms with van der Waals surface area (Å²) in [5.74, 6) is -0.583. The molecule has 1 aliphatic heterocycles. The van der Waals surface area contributed by atoms with E-state index in [4.69, 9.17) is 4.74 Å². The van der Waals surface area contributed by atoms with Crippen LogP contribution in [0.3, 0.4) is 0 Å². The predicted octanol–water partition coefficient (Wildman–Crippen LogP) is 2.83. The highest BCUT2D eigenvalue weighted by Crippen LogP contribution is 2.23. The van der Waals surface area contributed by atoms with Crippen LogP contribution >= 0.6 is 34.0 Å². The molecule has 2 N–H and O–H groups in total.